The second-order valence-electron chi connectivity index (χ2n) is 7.07. The highest BCUT2D eigenvalue weighted by Gasteiger charge is 2.38. The van der Waals surface area contributed by atoms with E-state index in [-0.39, 0.29) is 23.5 Å². The third-order valence-corrected chi connectivity index (χ3v) is 4.86. The number of amides is 2. The van der Waals surface area contributed by atoms with Crippen LogP contribution in [-0.2, 0) is 15.0 Å². The lowest BCUT2D eigenvalue weighted by atomic mass is 9.83. The molecule has 6 heteroatoms. The van der Waals surface area contributed by atoms with Crippen molar-refractivity contribution in [3.05, 3.63) is 60.0 Å². The number of hydrogen-bond acceptors (Lipinski definition) is 3. The molecule has 3 rings (SSSR count). The molecule has 2 heterocycles. The maximum atomic E-state index is 13.2. The number of nitrogens with zero attached hydrogens (tertiary/aromatic N) is 2. The molecule has 1 N–H and O–H groups in total. The third-order valence-electron chi connectivity index (χ3n) is 4.86. The van der Waals surface area contributed by atoms with Gasteiger partial charge < -0.3 is 10.2 Å². The smallest absolute Gasteiger partial charge is 0.232 e. The number of pyridine rings is 1. The minimum Gasteiger partial charge on any atom is -0.341 e. The van der Waals surface area contributed by atoms with Gasteiger partial charge in [0.15, 0.2) is 0 Å². The summed E-state index contributed by atoms with van der Waals surface area (Å²) in [6.45, 7) is 4.56. The van der Waals surface area contributed by atoms with Crippen molar-refractivity contribution in [1.82, 2.24) is 9.88 Å². The quantitative estimate of drug-likeness (QED) is 0.917. The molecule has 1 aliphatic heterocycles. The Morgan fingerprint density at radius 1 is 1.19 bits per heavy atom. The zero-order chi connectivity index (χ0) is 18.7. The van der Waals surface area contributed by atoms with E-state index in [1.165, 1.54) is 12.1 Å². The summed E-state index contributed by atoms with van der Waals surface area (Å²) in [5, 5.41) is 2.79. The topological polar surface area (TPSA) is 62.3 Å². The van der Waals surface area contributed by atoms with E-state index in [4.69, 9.17) is 0 Å². The van der Waals surface area contributed by atoms with Gasteiger partial charge >= 0.3 is 0 Å². The molecule has 1 aromatic heterocycles. The molecule has 26 heavy (non-hydrogen) atoms. The van der Waals surface area contributed by atoms with Crippen LogP contribution in [0.4, 0.5) is 10.2 Å². The minimum absolute atomic E-state index is 0.0581. The molecule has 1 aliphatic rings. The normalized spacial score (nSPS) is 17.2. The number of halogens is 1. The number of likely N-dealkylation sites (tertiary alicyclic amines) is 1. The lowest BCUT2D eigenvalue weighted by molar-refractivity contribution is -0.135. The molecule has 136 valence electrons. The fourth-order valence-electron chi connectivity index (χ4n) is 3.21. The van der Waals surface area contributed by atoms with Crippen LogP contribution in [0.3, 0.4) is 0 Å². The van der Waals surface area contributed by atoms with Gasteiger partial charge in [-0.1, -0.05) is 18.2 Å². The Morgan fingerprint density at radius 3 is 2.58 bits per heavy atom. The zero-order valence-electron chi connectivity index (χ0n) is 14.9. The molecule has 1 fully saturated rings. The van der Waals surface area contributed by atoms with E-state index >= 15 is 0 Å². The molecule has 0 saturated carbocycles. The lowest BCUT2D eigenvalue weighted by Crippen LogP contribution is -2.42. The van der Waals surface area contributed by atoms with Crippen molar-refractivity contribution in [2.24, 2.45) is 5.92 Å². The molecule has 0 bridgehead atoms. The first kappa shape index (κ1) is 18.0. The average Bonchev–Trinajstić information content (AvgIpc) is 3.12. The number of rotatable bonds is 4. The highest BCUT2D eigenvalue weighted by molar-refractivity contribution is 5.93. The van der Waals surface area contributed by atoms with Gasteiger partial charge in [0.25, 0.3) is 0 Å². The number of benzene rings is 1. The summed E-state index contributed by atoms with van der Waals surface area (Å²) in [4.78, 5) is 31.2. The highest BCUT2D eigenvalue weighted by atomic mass is 19.1. The summed E-state index contributed by atoms with van der Waals surface area (Å²) in [6, 6.07) is 11.3. The maximum absolute atomic E-state index is 13.2. The summed E-state index contributed by atoms with van der Waals surface area (Å²) < 4.78 is 13.2. The van der Waals surface area contributed by atoms with E-state index in [1.807, 2.05) is 13.8 Å². The predicted molar refractivity (Wildman–Crippen MR) is 97.0 cm³/mol. The van der Waals surface area contributed by atoms with Crippen molar-refractivity contribution < 1.29 is 14.0 Å². The van der Waals surface area contributed by atoms with Crippen LogP contribution in [0.15, 0.2) is 48.7 Å². The summed E-state index contributed by atoms with van der Waals surface area (Å²) in [6.07, 6.45) is 2.23. The van der Waals surface area contributed by atoms with Gasteiger partial charge in [-0.05, 0) is 50.1 Å². The van der Waals surface area contributed by atoms with E-state index in [0.717, 1.165) is 5.56 Å². The molecule has 1 saturated heterocycles. The van der Waals surface area contributed by atoms with Crippen molar-refractivity contribution in [2.45, 2.75) is 25.7 Å². The van der Waals surface area contributed by atoms with Gasteiger partial charge in [0.05, 0.1) is 11.3 Å². The number of carbonyl (C=O) groups excluding carboxylic acids is 2. The van der Waals surface area contributed by atoms with Gasteiger partial charge in [-0.15, -0.1) is 0 Å². The zero-order valence-corrected chi connectivity index (χ0v) is 14.9. The standard InChI is InChI=1S/C20H22FN3O2/c1-20(2,15-6-8-16(21)9-7-15)19(26)24-12-10-14(13-24)18(25)23-17-5-3-4-11-22-17/h3-9,11,14H,10,12-13H2,1-2H3,(H,22,23,25)/t14-/m0/s1. The van der Waals surface area contributed by atoms with E-state index in [2.05, 4.69) is 10.3 Å². The molecule has 0 spiro atoms. The maximum Gasteiger partial charge on any atom is 0.232 e. The minimum atomic E-state index is -0.778. The highest BCUT2D eigenvalue weighted by Crippen LogP contribution is 2.29. The fourth-order valence-corrected chi connectivity index (χ4v) is 3.21. The van der Waals surface area contributed by atoms with Crippen molar-refractivity contribution in [3.63, 3.8) is 0 Å². The molecular formula is C20H22FN3O2. The Kier molecular flexibility index (Phi) is 5.02. The van der Waals surface area contributed by atoms with Gasteiger partial charge in [0, 0.05) is 19.3 Å². The third kappa shape index (κ3) is 3.74. The molecule has 2 amide bonds. The van der Waals surface area contributed by atoms with Crippen molar-refractivity contribution in [3.8, 4) is 0 Å². The molecular weight excluding hydrogens is 333 g/mol. The van der Waals surface area contributed by atoms with Crippen LogP contribution in [0.25, 0.3) is 0 Å². The summed E-state index contributed by atoms with van der Waals surface area (Å²) >= 11 is 0. The Bertz CT molecular complexity index is 790. The number of nitrogens with one attached hydrogen (secondary N) is 1. The van der Waals surface area contributed by atoms with Crippen molar-refractivity contribution in [2.75, 3.05) is 18.4 Å². The number of aromatic nitrogens is 1. The largest absolute Gasteiger partial charge is 0.341 e. The number of anilines is 1. The predicted octanol–water partition coefficient (Wildman–Crippen LogP) is 2.99. The van der Waals surface area contributed by atoms with Crippen LogP contribution in [0.5, 0.6) is 0 Å². The van der Waals surface area contributed by atoms with Crippen LogP contribution in [0.2, 0.25) is 0 Å². The molecule has 0 aliphatic carbocycles. The molecule has 0 radical (unpaired) electrons. The second kappa shape index (κ2) is 7.23. The lowest BCUT2D eigenvalue weighted by Gasteiger charge is -2.29. The second-order valence-corrected chi connectivity index (χ2v) is 7.07. The van der Waals surface area contributed by atoms with Crippen LogP contribution in [-0.4, -0.2) is 34.8 Å². The van der Waals surface area contributed by atoms with Gasteiger partial charge in [-0.2, -0.15) is 0 Å². The van der Waals surface area contributed by atoms with E-state index in [1.54, 1.807) is 41.4 Å². The first-order chi connectivity index (χ1) is 12.4. The van der Waals surface area contributed by atoms with Crippen molar-refractivity contribution >= 4 is 17.6 Å². The Morgan fingerprint density at radius 2 is 1.92 bits per heavy atom. The van der Waals surface area contributed by atoms with Crippen LogP contribution in [0, 0.1) is 11.7 Å². The van der Waals surface area contributed by atoms with Crippen LogP contribution < -0.4 is 5.32 Å². The fraction of sp³-hybridized carbons (Fsp3) is 0.350. The van der Waals surface area contributed by atoms with Crippen LogP contribution in [0.1, 0.15) is 25.8 Å². The molecule has 5 nitrogen and oxygen atoms in total. The Balaban J connectivity index is 1.65. The SMILES string of the molecule is CC(C)(C(=O)N1CC[C@H](C(=O)Nc2ccccn2)C1)c1ccc(F)cc1. The average molecular weight is 355 g/mol. The van der Waals surface area contributed by atoms with Gasteiger partial charge in [-0.25, -0.2) is 9.37 Å². The van der Waals surface area contributed by atoms with Crippen LogP contribution >= 0.6 is 0 Å². The van der Waals surface area contributed by atoms with Crippen molar-refractivity contribution in [1.29, 1.82) is 0 Å². The first-order valence-corrected chi connectivity index (χ1v) is 8.65. The van der Waals surface area contributed by atoms with Gasteiger partial charge in [0.2, 0.25) is 11.8 Å². The Hall–Kier alpha value is -2.76. The number of carbonyl (C=O) groups is 2. The summed E-state index contributed by atoms with van der Waals surface area (Å²) in [5.74, 6) is -0.265. The molecule has 1 aromatic carbocycles. The van der Waals surface area contributed by atoms with Gasteiger partial charge in [0.1, 0.15) is 11.6 Å². The summed E-state index contributed by atoms with van der Waals surface area (Å²) in [7, 11) is 0. The molecule has 2 aromatic rings. The first-order valence-electron chi connectivity index (χ1n) is 8.65. The van der Waals surface area contributed by atoms with E-state index in [0.29, 0.717) is 25.3 Å². The number of hydrogen-bond donors (Lipinski definition) is 1. The summed E-state index contributed by atoms with van der Waals surface area (Å²) in [5.41, 5.74) is -0.0228. The van der Waals surface area contributed by atoms with Gasteiger partial charge in [-0.3, -0.25) is 9.59 Å². The Labute approximate surface area is 152 Å². The van der Waals surface area contributed by atoms with E-state index < -0.39 is 5.41 Å². The monoisotopic (exact) mass is 355 g/mol. The molecule has 1 atom stereocenters. The molecule has 0 unspecified atom stereocenters. The van der Waals surface area contributed by atoms with E-state index in [9.17, 15) is 14.0 Å².